The highest BCUT2D eigenvalue weighted by Gasteiger charge is 2.61. The number of nitrogens with zero attached hydrogens (tertiary/aromatic N) is 1. The number of hydrogen-bond acceptors (Lipinski definition) is 6. The van der Waals surface area contributed by atoms with Crippen molar-refractivity contribution in [2.24, 2.45) is 0 Å². The van der Waals surface area contributed by atoms with Crippen LogP contribution in [0.25, 0.3) is 0 Å². The summed E-state index contributed by atoms with van der Waals surface area (Å²) in [6.45, 7) is 1.87. The minimum absolute atomic E-state index is 0.0965. The number of amides is 2. The SMILES string of the molecule is CCCCC/C=C\C/C=C\CCCCCCCCOC(=S)NC1C=CN([C@@H]2O[C@H](CO)C(O)C2(F)F)C(=O)N1. The van der Waals surface area contributed by atoms with Gasteiger partial charge in [0.05, 0.1) is 13.2 Å². The zero-order chi connectivity index (χ0) is 28.5. The first kappa shape index (κ1) is 33.1. The molecule has 0 saturated carbocycles. The molecule has 8 nitrogen and oxygen atoms in total. The molecule has 1 fully saturated rings. The summed E-state index contributed by atoms with van der Waals surface area (Å²) in [5, 5.41) is 24.1. The van der Waals surface area contributed by atoms with Gasteiger partial charge in [-0.3, -0.25) is 4.90 Å². The number of aliphatic hydroxyl groups excluding tert-OH is 2. The molecule has 11 heteroatoms. The molecule has 2 rings (SSSR count). The van der Waals surface area contributed by atoms with Crippen LogP contribution in [-0.4, -0.2) is 70.1 Å². The van der Waals surface area contributed by atoms with Gasteiger partial charge in [0.2, 0.25) is 6.23 Å². The van der Waals surface area contributed by atoms with Crippen LogP contribution in [0.1, 0.15) is 84.0 Å². The fraction of sp³-hybridized carbons (Fsp3) is 0.714. The molecular weight excluding hydrogens is 528 g/mol. The maximum Gasteiger partial charge on any atom is 0.325 e. The fourth-order valence-corrected chi connectivity index (χ4v) is 4.52. The van der Waals surface area contributed by atoms with Gasteiger partial charge in [-0.1, -0.05) is 69.8 Å². The number of carbonyl (C=O) groups is 1. The summed E-state index contributed by atoms with van der Waals surface area (Å²) < 4.78 is 39.1. The average Bonchev–Trinajstić information content (AvgIpc) is 3.14. The number of alkyl halides is 2. The van der Waals surface area contributed by atoms with Crippen molar-refractivity contribution in [2.75, 3.05) is 13.2 Å². The smallest absolute Gasteiger partial charge is 0.325 e. The Morgan fingerprint density at radius 2 is 1.77 bits per heavy atom. The van der Waals surface area contributed by atoms with E-state index in [-0.39, 0.29) is 5.17 Å². The van der Waals surface area contributed by atoms with Crippen LogP contribution >= 0.6 is 12.2 Å². The van der Waals surface area contributed by atoms with E-state index in [0.717, 1.165) is 38.3 Å². The molecule has 2 amide bonds. The largest absolute Gasteiger partial charge is 0.471 e. The van der Waals surface area contributed by atoms with Gasteiger partial charge in [-0.25, -0.2) is 4.79 Å². The van der Waals surface area contributed by atoms with Crippen molar-refractivity contribution < 1.29 is 33.3 Å². The second-order valence-corrected chi connectivity index (χ2v) is 10.2. The number of rotatable bonds is 18. The van der Waals surface area contributed by atoms with Crippen molar-refractivity contribution >= 4 is 23.4 Å². The Labute approximate surface area is 236 Å². The van der Waals surface area contributed by atoms with E-state index >= 15 is 0 Å². The van der Waals surface area contributed by atoms with Gasteiger partial charge in [0.1, 0.15) is 12.3 Å². The van der Waals surface area contributed by atoms with Crippen molar-refractivity contribution in [2.45, 2.75) is 114 Å². The second-order valence-electron chi connectivity index (χ2n) is 9.87. The van der Waals surface area contributed by atoms with Crippen LogP contribution in [0, 0.1) is 0 Å². The number of nitrogens with one attached hydrogen (secondary N) is 2. The summed E-state index contributed by atoms with van der Waals surface area (Å²) in [5.41, 5.74) is 0. The highest BCUT2D eigenvalue weighted by atomic mass is 32.1. The third kappa shape index (κ3) is 11.5. The van der Waals surface area contributed by atoms with Crippen LogP contribution < -0.4 is 10.6 Å². The Hall–Kier alpha value is -2.08. The number of aliphatic hydroxyl groups is 2. The van der Waals surface area contributed by atoms with E-state index in [1.165, 1.54) is 51.0 Å². The molecule has 222 valence electrons. The predicted octanol–water partition coefficient (Wildman–Crippen LogP) is 5.27. The van der Waals surface area contributed by atoms with Crippen molar-refractivity contribution in [1.29, 1.82) is 0 Å². The van der Waals surface area contributed by atoms with Gasteiger partial charge < -0.3 is 30.3 Å². The van der Waals surface area contributed by atoms with E-state index in [1.807, 2.05) is 0 Å². The monoisotopic (exact) mass is 573 g/mol. The quantitative estimate of drug-likeness (QED) is 0.101. The average molecular weight is 574 g/mol. The molecule has 0 spiro atoms. The number of hydrogen-bond donors (Lipinski definition) is 4. The van der Waals surface area contributed by atoms with Gasteiger partial charge in [-0.05, 0) is 56.8 Å². The predicted molar refractivity (Wildman–Crippen MR) is 151 cm³/mol. The fourth-order valence-electron chi connectivity index (χ4n) is 4.31. The lowest BCUT2D eigenvalue weighted by molar-refractivity contribution is -0.145. The van der Waals surface area contributed by atoms with Crippen LogP contribution in [0.15, 0.2) is 36.6 Å². The molecule has 2 heterocycles. The number of urea groups is 1. The number of ether oxygens (including phenoxy) is 2. The Morgan fingerprint density at radius 1 is 1.13 bits per heavy atom. The van der Waals surface area contributed by atoms with Crippen molar-refractivity contribution in [3.63, 3.8) is 0 Å². The molecule has 1 saturated heterocycles. The highest BCUT2D eigenvalue weighted by Crippen LogP contribution is 2.38. The number of thiocarbonyl (C=S) groups is 1. The Kier molecular flexibility index (Phi) is 15.5. The maximum absolute atomic E-state index is 14.3. The van der Waals surface area contributed by atoms with Gasteiger partial charge in [-0.2, -0.15) is 8.78 Å². The van der Waals surface area contributed by atoms with E-state index in [2.05, 4.69) is 41.9 Å². The summed E-state index contributed by atoms with van der Waals surface area (Å²) >= 11 is 5.16. The zero-order valence-electron chi connectivity index (χ0n) is 22.9. The van der Waals surface area contributed by atoms with Crippen molar-refractivity contribution in [1.82, 2.24) is 15.5 Å². The molecule has 0 aliphatic carbocycles. The van der Waals surface area contributed by atoms with Crippen LogP contribution in [0.3, 0.4) is 0 Å². The van der Waals surface area contributed by atoms with E-state index < -0.39 is 43.2 Å². The number of halogens is 2. The van der Waals surface area contributed by atoms with Crippen LogP contribution in [0.5, 0.6) is 0 Å². The van der Waals surface area contributed by atoms with Gasteiger partial charge in [0.15, 0.2) is 6.10 Å². The lowest BCUT2D eigenvalue weighted by atomic mass is 10.1. The van der Waals surface area contributed by atoms with E-state index in [4.69, 9.17) is 26.8 Å². The summed E-state index contributed by atoms with van der Waals surface area (Å²) in [6, 6.07) is -0.863. The standard InChI is InChI=1S/C28H45F2N3O5S/c1-2-3-4-5-6-7-8-9-10-11-12-13-14-15-16-17-20-37-27(39)32-23-18-19-33(26(36)31-23)25-28(29,30)24(35)22(21-34)38-25/h6-7,9-10,18-19,22-25,34-35H,2-5,8,11-17,20-21H2,1H3,(H,31,36)(H,32,39)/b7-6-,10-9-/t22-,23?,24?,25-/m1/s1. The molecule has 0 aromatic rings. The van der Waals surface area contributed by atoms with Gasteiger partial charge in [0, 0.05) is 6.20 Å². The molecule has 2 aliphatic rings. The molecule has 0 radical (unpaired) electrons. The lowest BCUT2D eigenvalue weighted by Gasteiger charge is -2.33. The number of allylic oxidation sites excluding steroid dienone is 4. The maximum atomic E-state index is 14.3. The molecule has 0 aromatic heterocycles. The zero-order valence-corrected chi connectivity index (χ0v) is 23.7. The van der Waals surface area contributed by atoms with E-state index in [9.17, 15) is 18.7 Å². The van der Waals surface area contributed by atoms with Gasteiger partial charge >= 0.3 is 12.0 Å². The second kappa shape index (κ2) is 18.3. The molecule has 0 aromatic carbocycles. The lowest BCUT2D eigenvalue weighted by Crippen LogP contribution is -2.58. The van der Waals surface area contributed by atoms with E-state index in [0.29, 0.717) is 11.5 Å². The summed E-state index contributed by atoms with van der Waals surface area (Å²) in [5.74, 6) is -3.74. The molecule has 2 unspecified atom stereocenters. The number of carbonyl (C=O) groups excluding carboxylic acids is 1. The van der Waals surface area contributed by atoms with Gasteiger partial charge in [0.25, 0.3) is 5.17 Å². The first-order valence-corrected chi connectivity index (χ1v) is 14.5. The molecule has 39 heavy (non-hydrogen) atoms. The third-order valence-corrected chi connectivity index (χ3v) is 6.85. The van der Waals surface area contributed by atoms with E-state index in [1.54, 1.807) is 0 Å². The Balaban J connectivity index is 1.50. The first-order valence-electron chi connectivity index (χ1n) is 14.1. The number of unbranched alkanes of at least 4 members (excludes halogenated alkanes) is 9. The third-order valence-electron chi connectivity index (χ3n) is 6.62. The summed E-state index contributed by atoms with van der Waals surface area (Å²) in [7, 11) is 0. The van der Waals surface area contributed by atoms with Crippen molar-refractivity contribution in [3.05, 3.63) is 36.6 Å². The topological polar surface area (TPSA) is 103 Å². The Bertz CT molecular complexity index is 827. The summed E-state index contributed by atoms with van der Waals surface area (Å²) in [6.07, 6.45) is 18.9. The van der Waals surface area contributed by atoms with Gasteiger partial charge in [-0.15, -0.1) is 0 Å². The molecular formula is C28H45F2N3O5S. The minimum Gasteiger partial charge on any atom is -0.471 e. The molecule has 4 N–H and O–H groups in total. The highest BCUT2D eigenvalue weighted by molar-refractivity contribution is 7.80. The first-order chi connectivity index (χ1) is 18.8. The molecule has 4 atom stereocenters. The summed E-state index contributed by atoms with van der Waals surface area (Å²) in [4.78, 5) is 13.0. The Morgan fingerprint density at radius 3 is 2.38 bits per heavy atom. The van der Waals surface area contributed by atoms with Crippen LogP contribution in [0.2, 0.25) is 0 Å². The van der Waals surface area contributed by atoms with Crippen LogP contribution in [-0.2, 0) is 9.47 Å². The normalized spacial score (nSPS) is 24.5. The molecule has 2 aliphatic heterocycles. The minimum atomic E-state index is -3.74. The molecule has 0 bridgehead atoms. The van der Waals surface area contributed by atoms with Crippen LogP contribution in [0.4, 0.5) is 13.6 Å². The van der Waals surface area contributed by atoms with Crippen molar-refractivity contribution in [3.8, 4) is 0 Å².